The smallest absolute Gasteiger partial charge is 0.331 e. The molecular formula is C17H13FN2O3S. The molecule has 0 aliphatic carbocycles. The molecule has 0 saturated heterocycles. The molecule has 0 N–H and O–H groups in total. The second-order valence-corrected chi connectivity index (χ2v) is 5.80. The number of carbonyl (C=O) groups excluding carboxylic acids is 1. The maximum absolute atomic E-state index is 13.5. The number of hydrogen-bond acceptors (Lipinski definition) is 6. The van der Waals surface area contributed by atoms with Crippen molar-refractivity contribution in [1.29, 1.82) is 0 Å². The highest BCUT2D eigenvalue weighted by atomic mass is 32.1. The Kier molecular flexibility index (Phi) is 4.81. The lowest BCUT2D eigenvalue weighted by Crippen LogP contribution is -2.06. The number of halogens is 1. The van der Waals surface area contributed by atoms with Gasteiger partial charge in [-0.1, -0.05) is 24.3 Å². The molecule has 0 spiro atoms. The summed E-state index contributed by atoms with van der Waals surface area (Å²) in [6.45, 7) is 1.63. The highest BCUT2D eigenvalue weighted by Crippen LogP contribution is 2.25. The summed E-state index contributed by atoms with van der Waals surface area (Å²) in [6, 6.07) is 9.87. The van der Waals surface area contributed by atoms with Gasteiger partial charge in [0.05, 0.1) is 4.88 Å². The Morgan fingerprint density at radius 3 is 2.88 bits per heavy atom. The van der Waals surface area contributed by atoms with Gasteiger partial charge < -0.3 is 9.15 Å². The molecule has 0 bridgehead atoms. The molecule has 0 fully saturated rings. The van der Waals surface area contributed by atoms with Gasteiger partial charge in [-0.05, 0) is 30.5 Å². The number of nitrogens with zero attached hydrogens (tertiary/aromatic N) is 2. The number of benzene rings is 1. The van der Waals surface area contributed by atoms with E-state index in [4.69, 9.17) is 9.15 Å². The Balaban J connectivity index is 1.63. The molecule has 0 aliphatic rings. The summed E-state index contributed by atoms with van der Waals surface area (Å²) < 4.78 is 24.2. The topological polar surface area (TPSA) is 65.2 Å². The fraction of sp³-hybridized carbons (Fsp3) is 0.118. The van der Waals surface area contributed by atoms with E-state index in [1.807, 2.05) is 17.5 Å². The number of thiophene rings is 1. The predicted octanol–water partition coefficient (Wildman–Crippen LogP) is 4.25. The van der Waals surface area contributed by atoms with Crippen LogP contribution in [0.3, 0.4) is 0 Å². The third-order valence-corrected chi connectivity index (χ3v) is 3.98. The van der Waals surface area contributed by atoms with E-state index in [1.165, 1.54) is 23.5 Å². The van der Waals surface area contributed by atoms with Crippen molar-refractivity contribution < 1.29 is 18.3 Å². The minimum Gasteiger partial charge on any atom is -0.449 e. The Hall–Kier alpha value is -2.80. The van der Waals surface area contributed by atoms with E-state index in [9.17, 15) is 9.18 Å². The van der Waals surface area contributed by atoms with E-state index in [-0.39, 0.29) is 5.89 Å². The van der Waals surface area contributed by atoms with E-state index in [2.05, 4.69) is 10.2 Å². The first-order valence-corrected chi connectivity index (χ1v) is 8.02. The predicted molar refractivity (Wildman–Crippen MR) is 87.6 cm³/mol. The molecule has 0 radical (unpaired) electrons. The van der Waals surface area contributed by atoms with Gasteiger partial charge in [-0.15, -0.1) is 21.5 Å². The van der Waals surface area contributed by atoms with Crippen LogP contribution in [0.1, 0.15) is 24.5 Å². The van der Waals surface area contributed by atoms with Crippen LogP contribution in [0, 0.1) is 5.82 Å². The van der Waals surface area contributed by atoms with Gasteiger partial charge in [0.2, 0.25) is 0 Å². The summed E-state index contributed by atoms with van der Waals surface area (Å²) in [4.78, 5) is 12.7. The number of esters is 1. The highest BCUT2D eigenvalue weighted by molar-refractivity contribution is 7.13. The van der Waals surface area contributed by atoms with Crippen molar-refractivity contribution in [2.45, 2.75) is 13.0 Å². The van der Waals surface area contributed by atoms with Crippen LogP contribution in [-0.2, 0) is 9.53 Å². The Labute approximate surface area is 141 Å². The third kappa shape index (κ3) is 3.75. The average Bonchev–Trinajstić information content (AvgIpc) is 3.25. The van der Waals surface area contributed by atoms with Crippen molar-refractivity contribution in [1.82, 2.24) is 10.2 Å². The standard InChI is InChI=1S/C17H13FN2O3S/c1-11(16-19-20-17(23-16)14-7-4-10-24-14)22-15(21)9-8-12-5-2-3-6-13(12)18/h2-11H,1H3/b9-8+/t11-/m1/s1. The molecule has 0 unspecified atom stereocenters. The van der Waals surface area contributed by atoms with Gasteiger partial charge >= 0.3 is 5.97 Å². The van der Waals surface area contributed by atoms with Crippen molar-refractivity contribution >= 4 is 23.4 Å². The molecule has 0 aliphatic heterocycles. The molecule has 122 valence electrons. The zero-order valence-electron chi connectivity index (χ0n) is 12.7. The van der Waals surface area contributed by atoms with Gasteiger partial charge in [-0.3, -0.25) is 0 Å². The second-order valence-electron chi connectivity index (χ2n) is 4.86. The molecule has 0 saturated carbocycles. The van der Waals surface area contributed by atoms with Crippen LogP contribution >= 0.6 is 11.3 Å². The lowest BCUT2D eigenvalue weighted by Gasteiger charge is -2.06. The van der Waals surface area contributed by atoms with E-state index in [1.54, 1.807) is 25.1 Å². The minimum atomic E-state index is -0.705. The summed E-state index contributed by atoms with van der Waals surface area (Å²) in [5.74, 6) is -0.454. The van der Waals surface area contributed by atoms with E-state index >= 15 is 0 Å². The molecule has 7 heteroatoms. The van der Waals surface area contributed by atoms with Crippen LogP contribution in [0.25, 0.3) is 16.8 Å². The average molecular weight is 344 g/mol. The van der Waals surface area contributed by atoms with E-state index in [0.29, 0.717) is 11.5 Å². The number of rotatable bonds is 5. The van der Waals surface area contributed by atoms with Crippen molar-refractivity contribution in [3.63, 3.8) is 0 Å². The molecular weight excluding hydrogens is 331 g/mol. The zero-order valence-corrected chi connectivity index (χ0v) is 13.5. The van der Waals surface area contributed by atoms with Crippen molar-refractivity contribution in [2.24, 2.45) is 0 Å². The third-order valence-electron chi connectivity index (χ3n) is 3.12. The summed E-state index contributed by atoms with van der Waals surface area (Å²) in [6.07, 6.45) is 1.81. The van der Waals surface area contributed by atoms with Gasteiger partial charge in [-0.25, -0.2) is 9.18 Å². The Bertz CT molecular complexity index is 858. The number of aromatic nitrogens is 2. The molecule has 5 nitrogen and oxygen atoms in total. The first-order valence-electron chi connectivity index (χ1n) is 7.14. The highest BCUT2D eigenvalue weighted by Gasteiger charge is 2.18. The molecule has 2 aromatic heterocycles. The molecule has 24 heavy (non-hydrogen) atoms. The first kappa shape index (κ1) is 16.1. The number of carbonyl (C=O) groups is 1. The molecule has 1 atom stereocenters. The Morgan fingerprint density at radius 2 is 2.12 bits per heavy atom. The van der Waals surface area contributed by atoms with Crippen LogP contribution < -0.4 is 0 Å². The van der Waals surface area contributed by atoms with Gasteiger partial charge in [0.1, 0.15) is 5.82 Å². The molecule has 3 rings (SSSR count). The fourth-order valence-corrected chi connectivity index (χ4v) is 2.57. The quantitative estimate of drug-likeness (QED) is 0.511. The summed E-state index contributed by atoms with van der Waals surface area (Å²) in [5, 5.41) is 9.71. The van der Waals surface area contributed by atoms with Crippen molar-refractivity contribution in [3.8, 4) is 10.8 Å². The normalized spacial score (nSPS) is 12.4. The van der Waals surface area contributed by atoms with Gasteiger partial charge in [0.15, 0.2) is 6.10 Å². The van der Waals surface area contributed by atoms with E-state index < -0.39 is 17.9 Å². The van der Waals surface area contributed by atoms with Crippen LogP contribution in [0.4, 0.5) is 4.39 Å². The molecule has 3 aromatic rings. The SMILES string of the molecule is C[C@@H](OC(=O)/C=C/c1ccccc1F)c1nnc(-c2cccs2)o1. The Morgan fingerprint density at radius 1 is 1.29 bits per heavy atom. The number of hydrogen-bond donors (Lipinski definition) is 0. The van der Waals surface area contributed by atoms with Crippen molar-refractivity contribution in [2.75, 3.05) is 0 Å². The zero-order chi connectivity index (χ0) is 16.9. The summed E-state index contributed by atoms with van der Waals surface area (Å²) >= 11 is 1.47. The van der Waals surface area contributed by atoms with Gasteiger partial charge in [0.25, 0.3) is 11.8 Å². The lowest BCUT2D eigenvalue weighted by atomic mass is 10.2. The summed E-state index contributed by atoms with van der Waals surface area (Å²) in [5.41, 5.74) is 0.305. The monoisotopic (exact) mass is 344 g/mol. The molecule has 0 amide bonds. The first-order chi connectivity index (χ1) is 11.6. The van der Waals surface area contributed by atoms with Gasteiger partial charge in [-0.2, -0.15) is 0 Å². The van der Waals surface area contributed by atoms with E-state index in [0.717, 1.165) is 11.0 Å². The fourth-order valence-electron chi connectivity index (χ4n) is 1.93. The van der Waals surface area contributed by atoms with Crippen molar-refractivity contribution in [3.05, 3.63) is 65.1 Å². The van der Waals surface area contributed by atoms with Crippen LogP contribution in [0.15, 0.2) is 52.3 Å². The largest absolute Gasteiger partial charge is 0.449 e. The summed E-state index contributed by atoms with van der Waals surface area (Å²) in [7, 11) is 0. The van der Waals surface area contributed by atoms with Crippen LogP contribution in [0.2, 0.25) is 0 Å². The minimum absolute atomic E-state index is 0.200. The number of ether oxygens (including phenoxy) is 1. The van der Waals surface area contributed by atoms with Gasteiger partial charge in [0, 0.05) is 11.6 Å². The molecule has 2 heterocycles. The molecule has 1 aromatic carbocycles. The lowest BCUT2D eigenvalue weighted by molar-refractivity contribution is -0.143. The maximum atomic E-state index is 13.5. The maximum Gasteiger partial charge on any atom is 0.331 e. The second kappa shape index (κ2) is 7.18. The van der Waals surface area contributed by atoms with Crippen LogP contribution in [-0.4, -0.2) is 16.2 Å². The van der Waals surface area contributed by atoms with Crippen LogP contribution in [0.5, 0.6) is 0 Å².